The first-order valence-corrected chi connectivity index (χ1v) is 7.88. The van der Waals surface area contributed by atoms with Crippen LogP contribution in [0.15, 0.2) is 6.07 Å². The summed E-state index contributed by atoms with van der Waals surface area (Å²) in [6, 6.07) is 1.48. The zero-order valence-electron chi connectivity index (χ0n) is 13.9. The van der Waals surface area contributed by atoms with E-state index in [1.165, 1.54) is 13.2 Å². The second-order valence-electron chi connectivity index (χ2n) is 5.82. The molecule has 0 saturated heterocycles. The van der Waals surface area contributed by atoms with Crippen molar-refractivity contribution in [1.29, 1.82) is 0 Å². The molecule has 1 rings (SSSR count). The molecule has 0 bridgehead atoms. The first-order chi connectivity index (χ1) is 11.1. The highest BCUT2D eigenvalue weighted by Crippen LogP contribution is 2.17. The minimum absolute atomic E-state index is 0.128. The zero-order valence-corrected chi connectivity index (χ0v) is 15.4. The van der Waals surface area contributed by atoms with Crippen LogP contribution in [0.2, 0.25) is 10.3 Å². The number of nitrogens with zero attached hydrogens (tertiary/aromatic N) is 2. The number of rotatable bonds is 4. The summed E-state index contributed by atoms with van der Waals surface area (Å²) in [5.74, 6) is 3.28. The van der Waals surface area contributed by atoms with Gasteiger partial charge in [-0.1, -0.05) is 35.0 Å². The Labute approximate surface area is 150 Å². The summed E-state index contributed by atoms with van der Waals surface area (Å²) in [5.41, 5.74) is -0.272. The van der Waals surface area contributed by atoms with E-state index < -0.39 is 23.5 Å². The molecule has 0 aliphatic carbocycles. The largest absolute Gasteiger partial charge is 0.468 e. The number of esters is 2. The summed E-state index contributed by atoms with van der Waals surface area (Å²) in [4.78, 5) is 23.9. The lowest BCUT2D eigenvalue weighted by Crippen LogP contribution is -2.33. The molecule has 0 spiro atoms. The van der Waals surface area contributed by atoms with Crippen molar-refractivity contribution in [1.82, 2.24) is 10.2 Å². The molecule has 0 saturated carbocycles. The Morgan fingerprint density at radius 1 is 1.25 bits per heavy atom. The standard InChI is InChI=1S/C16H18Cl2N2O4/c1-16(2,3)24-15(22)11(14(21)23-4)8-6-5-7-10-9-12(17)19-20-13(10)18/h9,11H,6,8H2,1-4H3. The predicted molar refractivity (Wildman–Crippen MR) is 89.5 cm³/mol. The quantitative estimate of drug-likeness (QED) is 0.459. The van der Waals surface area contributed by atoms with E-state index in [0.717, 1.165) is 0 Å². The van der Waals surface area contributed by atoms with Crippen molar-refractivity contribution in [2.75, 3.05) is 7.11 Å². The van der Waals surface area contributed by atoms with E-state index in [0.29, 0.717) is 5.56 Å². The molecule has 1 atom stereocenters. The van der Waals surface area contributed by atoms with Crippen LogP contribution in [0.3, 0.4) is 0 Å². The van der Waals surface area contributed by atoms with Crippen LogP contribution < -0.4 is 0 Å². The van der Waals surface area contributed by atoms with Crippen LogP contribution in [0.4, 0.5) is 0 Å². The van der Waals surface area contributed by atoms with Crippen LogP contribution in [-0.4, -0.2) is 34.8 Å². The normalized spacial score (nSPS) is 11.9. The van der Waals surface area contributed by atoms with Crippen molar-refractivity contribution in [3.8, 4) is 11.8 Å². The first kappa shape index (κ1) is 20.2. The lowest BCUT2D eigenvalue weighted by atomic mass is 10.0. The average Bonchev–Trinajstić information content (AvgIpc) is 2.48. The maximum Gasteiger partial charge on any atom is 0.320 e. The van der Waals surface area contributed by atoms with Gasteiger partial charge in [-0.05, 0) is 33.3 Å². The van der Waals surface area contributed by atoms with Crippen molar-refractivity contribution in [2.24, 2.45) is 5.92 Å². The fraction of sp³-hybridized carbons (Fsp3) is 0.500. The van der Waals surface area contributed by atoms with E-state index >= 15 is 0 Å². The van der Waals surface area contributed by atoms with E-state index in [1.54, 1.807) is 20.8 Å². The number of halogens is 2. The maximum atomic E-state index is 12.1. The fourth-order valence-corrected chi connectivity index (χ4v) is 1.95. The van der Waals surface area contributed by atoms with E-state index in [9.17, 15) is 9.59 Å². The Morgan fingerprint density at radius 2 is 1.92 bits per heavy atom. The van der Waals surface area contributed by atoms with Gasteiger partial charge < -0.3 is 9.47 Å². The van der Waals surface area contributed by atoms with Crippen LogP contribution in [0.5, 0.6) is 0 Å². The molecule has 0 fully saturated rings. The van der Waals surface area contributed by atoms with Gasteiger partial charge in [-0.15, -0.1) is 10.2 Å². The van der Waals surface area contributed by atoms with Crippen molar-refractivity contribution >= 4 is 35.1 Å². The number of ether oxygens (including phenoxy) is 2. The second-order valence-corrected chi connectivity index (χ2v) is 6.57. The van der Waals surface area contributed by atoms with Gasteiger partial charge in [-0.2, -0.15) is 0 Å². The summed E-state index contributed by atoms with van der Waals surface area (Å²) in [6.45, 7) is 5.17. The third-order valence-electron chi connectivity index (χ3n) is 2.68. The van der Waals surface area contributed by atoms with Crippen LogP contribution in [0.25, 0.3) is 0 Å². The number of aromatic nitrogens is 2. The molecule has 0 amide bonds. The van der Waals surface area contributed by atoms with Crippen LogP contribution >= 0.6 is 23.2 Å². The summed E-state index contributed by atoms with van der Waals surface area (Å²) in [7, 11) is 1.22. The van der Waals surface area contributed by atoms with Crippen molar-refractivity contribution < 1.29 is 19.1 Å². The third kappa shape index (κ3) is 6.73. The number of hydrogen-bond donors (Lipinski definition) is 0. The lowest BCUT2D eigenvalue weighted by Gasteiger charge is -2.22. The van der Waals surface area contributed by atoms with Gasteiger partial charge in [-0.3, -0.25) is 9.59 Å². The SMILES string of the molecule is COC(=O)C(CCC#Cc1cc(Cl)nnc1Cl)C(=O)OC(C)(C)C. The molecule has 130 valence electrons. The highest BCUT2D eigenvalue weighted by atomic mass is 35.5. The third-order valence-corrected chi connectivity index (χ3v) is 3.14. The van der Waals surface area contributed by atoms with Gasteiger partial charge in [0, 0.05) is 6.42 Å². The molecular formula is C16H18Cl2N2O4. The fourth-order valence-electron chi connectivity index (χ4n) is 1.66. The van der Waals surface area contributed by atoms with Gasteiger partial charge in [0.15, 0.2) is 16.2 Å². The Kier molecular flexibility index (Phi) is 7.46. The molecule has 6 nitrogen and oxygen atoms in total. The molecule has 1 heterocycles. The smallest absolute Gasteiger partial charge is 0.320 e. The van der Waals surface area contributed by atoms with Gasteiger partial charge >= 0.3 is 11.9 Å². The van der Waals surface area contributed by atoms with Gasteiger partial charge in [0.1, 0.15) is 5.60 Å². The molecule has 0 N–H and O–H groups in total. The Hall–Kier alpha value is -1.84. The van der Waals surface area contributed by atoms with Crippen molar-refractivity contribution in [3.63, 3.8) is 0 Å². The Morgan fingerprint density at radius 3 is 2.50 bits per heavy atom. The molecule has 1 aromatic heterocycles. The summed E-state index contributed by atoms with van der Waals surface area (Å²) in [6.07, 6.45) is 0.424. The maximum absolute atomic E-state index is 12.1. The monoisotopic (exact) mass is 372 g/mol. The van der Waals surface area contributed by atoms with Gasteiger partial charge in [0.25, 0.3) is 0 Å². The number of methoxy groups -OCH3 is 1. The molecule has 24 heavy (non-hydrogen) atoms. The minimum atomic E-state index is -1.03. The molecule has 0 aliphatic heterocycles. The van der Waals surface area contributed by atoms with Crippen LogP contribution in [-0.2, 0) is 19.1 Å². The topological polar surface area (TPSA) is 78.4 Å². The van der Waals surface area contributed by atoms with E-state index in [2.05, 4.69) is 26.8 Å². The van der Waals surface area contributed by atoms with Crippen molar-refractivity contribution in [2.45, 2.75) is 39.2 Å². The van der Waals surface area contributed by atoms with Crippen LogP contribution in [0.1, 0.15) is 39.2 Å². The zero-order chi connectivity index (χ0) is 18.3. The second kappa shape index (κ2) is 8.86. The van der Waals surface area contributed by atoms with E-state index in [4.69, 9.17) is 27.9 Å². The Balaban J connectivity index is 2.76. The molecule has 0 radical (unpaired) electrons. The van der Waals surface area contributed by atoms with Crippen LogP contribution in [0, 0.1) is 17.8 Å². The van der Waals surface area contributed by atoms with Crippen molar-refractivity contribution in [3.05, 3.63) is 21.9 Å². The van der Waals surface area contributed by atoms with E-state index in [-0.39, 0.29) is 23.1 Å². The number of carbonyl (C=O) groups excluding carboxylic acids is 2. The van der Waals surface area contributed by atoms with E-state index in [1.807, 2.05) is 0 Å². The molecular weight excluding hydrogens is 355 g/mol. The molecule has 1 aromatic rings. The number of carbonyl (C=O) groups is 2. The molecule has 0 aromatic carbocycles. The predicted octanol–water partition coefficient (Wildman–Crippen LogP) is 3.05. The number of hydrogen-bond acceptors (Lipinski definition) is 6. The summed E-state index contributed by atoms with van der Waals surface area (Å²) < 4.78 is 9.88. The lowest BCUT2D eigenvalue weighted by molar-refractivity contribution is -0.168. The highest BCUT2D eigenvalue weighted by molar-refractivity contribution is 6.32. The highest BCUT2D eigenvalue weighted by Gasteiger charge is 2.31. The molecule has 1 unspecified atom stereocenters. The molecule has 0 aliphatic rings. The minimum Gasteiger partial charge on any atom is -0.468 e. The summed E-state index contributed by atoms with van der Waals surface area (Å²) in [5, 5.41) is 7.52. The average molecular weight is 373 g/mol. The summed E-state index contributed by atoms with van der Waals surface area (Å²) >= 11 is 11.6. The van der Waals surface area contributed by atoms with Gasteiger partial charge in [0.05, 0.1) is 12.7 Å². The first-order valence-electron chi connectivity index (χ1n) is 7.12. The van der Waals surface area contributed by atoms with Gasteiger partial charge in [-0.25, -0.2) is 0 Å². The Bertz CT molecular complexity index is 675. The van der Waals surface area contributed by atoms with Gasteiger partial charge in [0.2, 0.25) is 0 Å². The molecule has 8 heteroatoms.